The van der Waals surface area contributed by atoms with Gasteiger partial charge in [0.15, 0.2) is 0 Å². The summed E-state index contributed by atoms with van der Waals surface area (Å²) in [5, 5.41) is 3.18. The molecule has 20 heavy (non-hydrogen) atoms. The van der Waals surface area contributed by atoms with Crippen LogP contribution in [0.5, 0.6) is 0 Å². The summed E-state index contributed by atoms with van der Waals surface area (Å²) in [6.45, 7) is 4.46. The van der Waals surface area contributed by atoms with Gasteiger partial charge in [0.25, 0.3) is 0 Å². The Morgan fingerprint density at radius 2 is 2.05 bits per heavy atom. The van der Waals surface area contributed by atoms with Crippen molar-refractivity contribution in [3.63, 3.8) is 0 Å². The van der Waals surface area contributed by atoms with Gasteiger partial charge < -0.3 is 10.2 Å². The van der Waals surface area contributed by atoms with E-state index in [1.807, 2.05) is 12.1 Å². The number of pyridine rings is 1. The van der Waals surface area contributed by atoms with E-state index in [9.17, 15) is 4.79 Å². The van der Waals surface area contributed by atoms with Gasteiger partial charge in [0.1, 0.15) is 0 Å². The van der Waals surface area contributed by atoms with Gasteiger partial charge in [-0.05, 0) is 44.6 Å². The van der Waals surface area contributed by atoms with Crippen LogP contribution in [-0.2, 0) is 11.2 Å². The third kappa shape index (κ3) is 3.18. The minimum absolute atomic E-state index is 0.149. The van der Waals surface area contributed by atoms with E-state index in [2.05, 4.69) is 43.1 Å². The highest BCUT2D eigenvalue weighted by Crippen LogP contribution is 2.42. The molecule has 2 unspecified atom stereocenters. The Bertz CT molecular complexity index is 456. The minimum atomic E-state index is 0.149. The van der Waals surface area contributed by atoms with Crippen LogP contribution in [0, 0.1) is 5.41 Å². The summed E-state index contributed by atoms with van der Waals surface area (Å²) in [4.78, 5) is 18.3. The molecular formula is C16H25N3O. The maximum Gasteiger partial charge on any atom is 0.220 e. The van der Waals surface area contributed by atoms with Crippen molar-refractivity contribution in [1.29, 1.82) is 0 Å². The van der Waals surface area contributed by atoms with Crippen LogP contribution in [0.4, 0.5) is 0 Å². The van der Waals surface area contributed by atoms with Gasteiger partial charge in [-0.3, -0.25) is 9.78 Å². The summed E-state index contributed by atoms with van der Waals surface area (Å²) >= 11 is 0. The third-order valence-corrected chi connectivity index (χ3v) is 4.56. The summed E-state index contributed by atoms with van der Waals surface area (Å²) in [5.41, 5.74) is 1.31. The molecule has 1 amide bonds. The van der Waals surface area contributed by atoms with Gasteiger partial charge >= 0.3 is 0 Å². The highest BCUT2D eigenvalue weighted by atomic mass is 16.1. The van der Waals surface area contributed by atoms with Crippen LogP contribution in [0.3, 0.4) is 0 Å². The molecule has 4 nitrogen and oxygen atoms in total. The zero-order chi connectivity index (χ0) is 14.8. The topological polar surface area (TPSA) is 45.2 Å². The lowest BCUT2D eigenvalue weighted by atomic mass is 9.62. The van der Waals surface area contributed by atoms with E-state index in [0.717, 1.165) is 18.4 Å². The van der Waals surface area contributed by atoms with Gasteiger partial charge in [-0.25, -0.2) is 0 Å². The average molecular weight is 275 g/mol. The highest BCUT2D eigenvalue weighted by Gasteiger charge is 2.49. The zero-order valence-electron chi connectivity index (χ0n) is 12.9. The molecule has 1 aromatic rings. The Morgan fingerprint density at radius 3 is 2.60 bits per heavy atom. The number of amides is 1. The third-order valence-electron chi connectivity index (χ3n) is 4.56. The SMILES string of the molecule is CN(C)C1CC(NC(=O)CCc2ccncc2)C1(C)C. The summed E-state index contributed by atoms with van der Waals surface area (Å²) in [7, 11) is 4.21. The van der Waals surface area contributed by atoms with E-state index >= 15 is 0 Å². The van der Waals surface area contributed by atoms with Gasteiger partial charge in [-0.2, -0.15) is 0 Å². The lowest BCUT2D eigenvalue weighted by Gasteiger charge is -2.55. The molecule has 0 bridgehead atoms. The van der Waals surface area contributed by atoms with E-state index in [0.29, 0.717) is 18.5 Å². The first-order valence-corrected chi connectivity index (χ1v) is 7.26. The van der Waals surface area contributed by atoms with E-state index in [1.165, 1.54) is 0 Å². The highest BCUT2D eigenvalue weighted by molar-refractivity contribution is 5.76. The van der Waals surface area contributed by atoms with Crippen molar-refractivity contribution in [3.8, 4) is 0 Å². The molecule has 1 aliphatic carbocycles. The number of aryl methyl sites for hydroxylation is 1. The number of hydrogen-bond donors (Lipinski definition) is 1. The summed E-state index contributed by atoms with van der Waals surface area (Å²) in [5.74, 6) is 0.150. The fourth-order valence-corrected chi connectivity index (χ4v) is 3.10. The Labute approximate surface area is 121 Å². The summed E-state index contributed by atoms with van der Waals surface area (Å²) in [6, 6.07) is 4.76. The van der Waals surface area contributed by atoms with Crippen LogP contribution in [0.15, 0.2) is 24.5 Å². The van der Waals surface area contributed by atoms with Crippen LogP contribution in [0.1, 0.15) is 32.3 Å². The molecule has 110 valence electrons. The molecule has 1 aliphatic rings. The van der Waals surface area contributed by atoms with Crippen molar-refractivity contribution in [2.45, 2.75) is 45.2 Å². The molecule has 0 aliphatic heterocycles. The first-order valence-electron chi connectivity index (χ1n) is 7.26. The minimum Gasteiger partial charge on any atom is -0.353 e. The molecule has 1 saturated carbocycles. The number of nitrogens with one attached hydrogen (secondary N) is 1. The van der Waals surface area contributed by atoms with Gasteiger partial charge in [0.05, 0.1) is 0 Å². The van der Waals surface area contributed by atoms with E-state index in [-0.39, 0.29) is 11.3 Å². The molecule has 4 heteroatoms. The molecule has 2 atom stereocenters. The smallest absolute Gasteiger partial charge is 0.220 e. The van der Waals surface area contributed by atoms with Crippen LogP contribution in [-0.4, -0.2) is 42.0 Å². The number of carbonyl (C=O) groups is 1. The quantitative estimate of drug-likeness (QED) is 0.892. The van der Waals surface area contributed by atoms with Gasteiger partial charge in [0, 0.05) is 36.3 Å². The van der Waals surface area contributed by atoms with Crippen molar-refractivity contribution in [2.24, 2.45) is 5.41 Å². The van der Waals surface area contributed by atoms with Crippen molar-refractivity contribution in [2.75, 3.05) is 14.1 Å². The number of hydrogen-bond acceptors (Lipinski definition) is 3. The second kappa shape index (κ2) is 5.92. The van der Waals surface area contributed by atoms with Crippen LogP contribution in [0.2, 0.25) is 0 Å². The predicted octanol–water partition coefficient (Wildman–Crippen LogP) is 1.86. The van der Waals surface area contributed by atoms with Crippen LogP contribution < -0.4 is 5.32 Å². The summed E-state index contributed by atoms with van der Waals surface area (Å²) < 4.78 is 0. The van der Waals surface area contributed by atoms with E-state index in [4.69, 9.17) is 0 Å². The second-order valence-corrected chi connectivity index (χ2v) is 6.51. The predicted molar refractivity (Wildman–Crippen MR) is 80.4 cm³/mol. The zero-order valence-corrected chi connectivity index (χ0v) is 12.9. The maximum absolute atomic E-state index is 12.0. The molecule has 2 rings (SSSR count). The molecule has 0 radical (unpaired) electrons. The Morgan fingerprint density at radius 1 is 1.40 bits per heavy atom. The van der Waals surface area contributed by atoms with Gasteiger partial charge in [0.2, 0.25) is 5.91 Å². The molecule has 0 spiro atoms. The summed E-state index contributed by atoms with van der Waals surface area (Å²) in [6.07, 6.45) is 5.90. The fourth-order valence-electron chi connectivity index (χ4n) is 3.10. The Hall–Kier alpha value is -1.42. The molecule has 1 fully saturated rings. The molecular weight excluding hydrogens is 250 g/mol. The number of aromatic nitrogens is 1. The molecule has 1 heterocycles. The van der Waals surface area contributed by atoms with Crippen molar-refractivity contribution < 1.29 is 4.79 Å². The average Bonchev–Trinajstić information content (AvgIpc) is 2.41. The van der Waals surface area contributed by atoms with Crippen molar-refractivity contribution in [3.05, 3.63) is 30.1 Å². The molecule has 0 aromatic carbocycles. The number of nitrogens with zero attached hydrogens (tertiary/aromatic N) is 2. The first-order chi connectivity index (χ1) is 9.41. The number of carbonyl (C=O) groups excluding carboxylic acids is 1. The van der Waals surface area contributed by atoms with Crippen LogP contribution >= 0.6 is 0 Å². The number of rotatable bonds is 5. The van der Waals surface area contributed by atoms with E-state index < -0.39 is 0 Å². The molecule has 1 N–H and O–H groups in total. The maximum atomic E-state index is 12.0. The monoisotopic (exact) mass is 275 g/mol. The first kappa shape index (κ1) is 15.0. The van der Waals surface area contributed by atoms with Crippen molar-refractivity contribution >= 4 is 5.91 Å². The van der Waals surface area contributed by atoms with Crippen molar-refractivity contribution in [1.82, 2.24) is 15.2 Å². The molecule has 0 saturated heterocycles. The Balaban J connectivity index is 1.79. The van der Waals surface area contributed by atoms with Crippen LogP contribution in [0.25, 0.3) is 0 Å². The largest absolute Gasteiger partial charge is 0.353 e. The second-order valence-electron chi connectivity index (χ2n) is 6.51. The lowest BCUT2D eigenvalue weighted by Crippen LogP contribution is -2.65. The van der Waals surface area contributed by atoms with Gasteiger partial charge in [-0.1, -0.05) is 13.8 Å². The van der Waals surface area contributed by atoms with Gasteiger partial charge in [-0.15, -0.1) is 0 Å². The fraction of sp³-hybridized carbons (Fsp3) is 0.625. The standard InChI is InChI=1S/C16H25N3O/c1-16(2)13(11-14(16)19(3)4)18-15(20)6-5-12-7-9-17-10-8-12/h7-10,13-14H,5-6,11H2,1-4H3,(H,18,20). The lowest BCUT2D eigenvalue weighted by molar-refractivity contribution is -0.125. The van der Waals surface area contributed by atoms with E-state index in [1.54, 1.807) is 12.4 Å². The normalized spacial score (nSPS) is 24.2. The molecule has 1 aromatic heterocycles. The Kier molecular flexibility index (Phi) is 4.43.